The van der Waals surface area contributed by atoms with Crippen molar-refractivity contribution in [3.8, 4) is 0 Å². The highest BCUT2D eigenvalue weighted by atomic mass is 19.1. The van der Waals surface area contributed by atoms with Crippen molar-refractivity contribution in [1.29, 1.82) is 0 Å². The molecule has 0 spiro atoms. The minimum absolute atomic E-state index is 0.0552. The highest BCUT2D eigenvalue weighted by Gasteiger charge is 2.17. The van der Waals surface area contributed by atoms with Crippen LogP contribution in [0, 0.1) is 5.82 Å². The lowest BCUT2D eigenvalue weighted by Crippen LogP contribution is -2.26. The molecule has 1 rings (SSSR count). The van der Waals surface area contributed by atoms with E-state index in [-0.39, 0.29) is 11.3 Å². The maximum Gasteiger partial charge on any atom is 0.280 e. The van der Waals surface area contributed by atoms with Gasteiger partial charge in [0.1, 0.15) is 0 Å². The Kier molecular flexibility index (Phi) is 6.10. The topological polar surface area (TPSA) is 55.6 Å². The largest absolute Gasteiger partial charge is 0.396 e. The average Bonchev–Trinajstić information content (AvgIpc) is 2.33. The number of nitrogens with zero attached hydrogens (tertiary/aromatic N) is 1. The third kappa shape index (κ3) is 3.20. The van der Waals surface area contributed by atoms with Crippen LogP contribution in [0.25, 0.3) is 0 Å². The molecule has 0 saturated carbocycles. The van der Waals surface area contributed by atoms with Gasteiger partial charge < -0.3 is 5.73 Å². The SMILES string of the molecule is CC.CON(C)C(=O)c1cccc(N)c1F. The van der Waals surface area contributed by atoms with Crippen molar-refractivity contribution in [3.05, 3.63) is 29.6 Å². The Morgan fingerprint density at radius 2 is 2.00 bits per heavy atom. The summed E-state index contributed by atoms with van der Waals surface area (Å²) in [5.74, 6) is -1.29. The number of halogens is 1. The summed E-state index contributed by atoms with van der Waals surface area (Å²) >= 11 is 0. The van der Waals surface area contributed by atoms with Crippen LogP contribution < -0.4 is 5.73 Å². The summed E-state index contributed by atoms with van der Waals surface area (Å²) in [4.78, 5) is 16.1. The Morgan fingerprint density at radius 1 is 1.44 bits per heavy atom. The van der Waals surface area contributed by atoms with Crippen LogP contribution in [0.3, 0.4) is 0 Å². The van der Waals surface area contributed by atoms with Crippen molar-refractivity contribution in [2.24, 2.45) is 0 Å². The lowest BCUT2D eigenvalue weighted by molar-refractivity contribution is -0.0759. The molecule has 90 valence electrons. The first-order chi connectivity index (χ1) is 7.57. The second kappa shape index (κ2) is 6.79. The van der Waals surface area contributed by atoms with Crippen molar-refractivity contribution in [1.82, 2.24) is 5.06 Å². The molecule has 0 heterocycles. The van der Waals surface area contributed by atoms with E-state index in [9.17, 15) is 9.18 Å². The third-order valence-electron chi connectivity index (χ3n) is 1.82. The van der Waals surface area contributed by atoms with Gasteiger partial charge in [-0.15, -0.1) is 0 Å². The molecule has 0 fully saturated rings. The lowest BCUT2D eigenvalue weighted by atomic mass is 10.2. The molecule has 0 atom stereocenters. The molecule has 1 aromatic rings. The number of nitrogens with two attached hydrogens (primary N) is 1. The molecule has 1 aromatic carbocycles. The van der Waals surface area contributed by atoms with Crippen LogP contribution in [0.15, 0.2) is 18.2 Å². The van der Waals surface area contributed by atoms with Gasteiger partial charge in [-0.2, -0.15) is 0 Å². The molecule has 5 heteroatoms. The van der Waals surface area contributed by atoms with E-state index in [0.29, 0.717) is 0 Å². The van der Waals surface area contributed by atoms with Crippen LogP contribution >= 0.6 is 0 Å². The van der Waals surface area contributed by atoms with E-state index < -0.39 is 11.7 Å². The van der Waals surface area contributed by atoms with E-state index in [4.69, 9.17) is 5.73 Å². The first-order valence-electron chi connectivity index (χ1n) is 4.94. The molecule has 0 radical (unpaired) electrons. The molecule has 1 amide bonds. The van der Waals surface area contributed by atoms with Crippen molar-refractivity contribution in [2.45, 2.75) is 13.8 Å². The molecule has 2 N–H and O–H groups in total. The van der Waals surface area contributed by atoms with Gasteiger partial charge in [-0.3, -0.25) is 9.63 Å². The van der Waals surface area contributed by atoms with Crippen LogP contribution in [-0.4, -0.2) is 25.1 Å². The van der Waals surface area contributed by atoms with Crippen LogP contribution in [0.2, 0.25) is 0 Å². The minimum atomic E-state index is -0.721. The fourth-order valence-electron chi connectivity index (χ4n) is 0.968. The van der Waals surface area contributed by atoms with Gasteiger partial charge in [0, 0.05) is 7.05 Å². The van der Waals surface area contributed by atoms with Gasteiger partial charge >= 0.3 is 0 Å². The highest BCUT2D eigenvalue weighted by molar-refractivity contribution is 5.94. The van der Waals surface area contributed by atoms with E-state index in [1.165, 1.54) is 32.4 Å². The normalized spacial score (nSPS) is 9.06. The predicted molar refractivity (Wildman–Crippen MR) is 61.3 cm³/mol. The highest BCUT2D eigenvalue weighted by Crippen LogP contribution is 2.15. The molecule has 0 bridgehead atoms. The average molecular weight is 228 g/mol. The van der Waals surface area contributed by atoms with Crippen LogP contribution in [0.5, 0.6) is 0 Å². The van der Waals surface area contributed by atoms with Crippen molar-refractivity contribution < 1.29 is 14.0 Å². The van der Waals surface area contributed by atoms with Gasteiger partial charge in [-0.25, -0.2) is 9.45 Å². The zero-order valence-electron chi connectivity index (χ0n) is 9.95. The minimum Gasteiger partial charge on any atom is -0.396 e. The summed E-state index contributed by atoms with van der Waals surface area (Å²) in [6.07, 6.45) is 0. The monoisotopic (exact) mass is 228 g/mol. The fourth-order valence-corrected chi connectivity index (χ4v) is 0.968. The number of hydroxylamine groups is 2. The van der Waals surface area contributed by atoms with Gasteiger partial charge in [0.25, 0.3) is 5.91 Å². The number of rotatable bonds is 2. The molecular weight excluding hydrogens is 211 g/mol. The summed E-state index contributed by atoms with van der Waals surface area (Å²) in [6, 6.07) is 4.25. The number of nitrogen functional groups attached to an aromatic ring is 1. The summed E-state index contributed by atoms with van der Waals surface area (Å²) in [7, 11) is 2.72. The van der Waals surface area contributed by atoms with Crippen molar-refractivity contribution in [2.75, 3.05) is 19.9 Å². The zero-order valence-corrected chi connectivity index (χ0v) is 9.95. The molecule has 16 heavy (non-hydrogen) atoms. The van der Waals surface area contributed by atoms with Gasteiger partial charge in [0.2, 0.25) is 0 Å². The van der Waals surface area contributed by atoms with E-state index >= 15 is 0 Å². The number of carbonyl (C=O) groups excluding carboxylic acids is 1. The lowest BCUT2D eigenvalue weighted by Gasteiger charge is -2.14. The second-order valence-electron chi connectivity index (χ2n) is 2.69. The molecule has 0 aromatic heterocycles. The quantitative estimate of drug-likeness (QED) is 0.622. The Labute approximate surface area is 94.8 Å². The number of benzene rings is 1. The fraction of sp³-hybridized carbons (Fsp3) is 0.364. The standard InChI is InChI=1S/C9H11FN2O2.C2H6/c1-12(14-2)9(13)6-4-3-5-7(11)8(6)10;1-2/h3-5H,11H2,1-2H3;1-2H3. The smallest absolute Gasteiger partial charge is 0.280 e. The van der Waals surface area contributed by atoms with E-state index in [1.807, 2.05) is 13.8 Å². The summed E-state index contributed by atoms with van der Waals surface area (Å²) in [5, 5.41) is 0.928. The summed E-state index contributed by atoms with van der Waals surface area (Å²) in [5.41, 5.74) is 5.16. The summed E-state index contributed by atoms with van der Waals surface area (Å²) < 4.78 is 13.3. The van der Waals surface area contributed by atoms with Crippen LogP contribution in [0.4, 0.5) is 10.1 Å². The van der Waals surface area contributed by atoms with Gasteiger partial charge in [-0.05, 0) is 12.1 Å². The van der Waals surface area contributed by atoms with Crippen molar-refractivity contribution >= 4 is 11.6 Å². The number of anilines is 1. The number of hydrogen-bond donors (Lipinski definition) is 1. The Bertz CT molecular complexity index is 356. The number of carbonyl (C=O) groups is 1. The molecule has 0 aliphatic rings. The maximum absolute atomic E-state index is 13.3. The van der Waals surface area contributed by atoms with Gasteiger partial charge in [0.15, 0.2) is 5.82 Å². The van der Waals surface area contributed by atoms with Gasteiger partial charge in [-0.1, -0.05) is 19.9 Å². The zero-order chi connectivity index (χ0) is 12.7. The molecule has 0 aliphatic carbocycles. The number of amides is 1. The molecule has 0 aliphatic heterocycles. The first kappa shape index (κ1) is 14.4. The van der Waals surface area contributed by atoms with E-state index in [0.717, 1.165) is 5.06 Å². The molecule has 4 nitrogen and oxygen atoms in total. The molecule has 0 saturated heterocycles. The molecule has 0 unspecified atom stereocenters. The first-order valence-corrected chi connectivity index (χ1v) is 4.94. The summed E-state index contributed by atoms with van der Waals surface area (Å²) in [6.45, 7) is 4.00. The van der Waals surface area contributed by atoms with E-state index in [1.54, 1.807) is 0 Å². The van der Waals surface area contributed by atoms with Gasteiger partial charge in [0.05, 0.1) is 18.4 Å². The van der Waals surface area contributed by atoms with Crippen molar-refractivity contribution in [3.63, 3.8) is 0 Å². The number of hydrogen-bond acceptors (Lipinski definition) is 3. The molecular formula is C11H17FN2O2. The predicted octanol–water partition coefficient (Wildman–Crippen LogP) is 2.07. The maximum atomic E-state index is 13.3. The Morgan fingerprint density at radius 3 is 2.50 bits per heavy atom. The Balaban J connectivity index is 0.00000106. The second-order valence-corrected chi connectivity index (χ2v) is 2.69. The van der Waals surface area contributed by atoms with E-state index in [2.05, 4.69) is 4.84 Å². The Hall–Kier alpha value is -1.62. The van der Waals surface area contributed by atoms with Crippen LogP contribution in [0.1, 0.15) is 24.2 Å². The third-order valence-corrected chi connectivity index (χ3v) is 1.82. The van der Waals surface area contributed by atoms with Crippen LogP contribution in [-0.2, 0) is 4.84 Å².